The smallest absolute Gasteiger partial charge is 0.161 e. The molecule has 1 aromatic heterocycles. The number of nitrogens with one attached hydrogen (secondary N) is 1. The average molecular weight is 272 g/mol. The number of rotatable bonds is 6. The van der Waals surface area contributed by atoms with Crippen molar-refractivity contribution >= 4 is 5.69 Å². The van der Waals surface area contributed by atoms with Gasteiger partial charge in [0.2, 0.25) is 0 Å². The van der Waals surface area contributed by atoms with Crippen LogP contribution in [0.3, 0.4) is 0 Å². The number of ether oxygens (including phenoxy) is 2. The van der Waals surface area contributed by atoms with Gasteiger partial charge in [-0.1, -0.05) is 0 Å². The summed E-state index contributed by atoms with van der Waals surface area (Å²) in [5.41, 5.74) is 2.94. The lowest BCUT2D eigenvalue weighted by molar-refractivity contribution is 0.288. The van der Waals surface area contributed by atoms with E-state index in [1.807, 2.05) is 51.2 Å². The molecule has 0 aliphatic rings. The Morgan fingerprint density at radius 1 is 1.00 bits per heavy atom. The molecular weight excluding hydrogens is 252 g/mol. The Balaban J connectivity index is 2.38. The summed E-state index contributed by atoms with van der Waals surface area (Å²) in [6, 6.07) is 9.83. The maximum Gasteiger partial charge on any atom is 0.161 e. The van der Waals surface area contributed by atoms with Crippen molar-refractivity contribution in [2.45, 2.75) is 13.8 Å². The first-order chi connectivity index (χ1) is 9.78. The molecule has 0 fully saturated rings. The third-order valence-corrected chi connectivity index (χ3v) is 2.89. The van der Waals surface area contributed by atoms with E-state index in [1.165, 1.54) is 0 Å². The Bertz CT molecular complexity index is 570. The highest BCUT2D eigenvalue weighted by Crippen LogP contribution is 2.32. The quantitative estimate of drug-likeness (QED) is 0.872. The van der Waals surface area contributed by atoms with Crippen molar-refractivity contribution in [3.8, 4) is 22.8 Å². The molecule has 2 aromatic rings. The molecular formula is C16H20N2O2. The first kappa shape index (κ1) is 14.2. The van der Waals surface area contributed by atoms with E-state index < -0.39 is 0 Å². The van der Waals surface area contributed by atoms with Gasteiger partial charge in [0.05, 0.1) is 18.9 Å². The predicted octanol–water partition coefficient (Wildman–Crippen LogP) is 3.59. The largest absolute Gasteiger partial charge is 0.490 e. The van der Waals surface area contributed by atoms with Gasteiger partial charge in [0.1, 0.15) is 0 Å². The molecule has 1 heterocycles. The van der Waals surface area contributed by atoms with Gasteiger partial charge < -0.3 is 14.8 Å². The van der Waals surface area contributed by atoms with Gasteiger partial charge in [-0.15, -0.1) is 0 Å². The highest BCUT2D eigenvalue weighted by atomic mass is 16.5. The molecule has 0 unspecified atom stereocenters. The monoisotopic (exact) mass is 272 g/mol. The highest BCUT2D eigenvalue weighted by molar-refractivity contribution is 5.67. The van der Waals surface area contributed by atoms with Gasteiger partial charge in [-0.25, -0.2) is 0 Å². The Kier molecular flexibility index (Phi) is 4.82. The van der Waals surface area contributed by atoms with Crippen molar-refractivity contribution in [3.05, 3.63) is 36.5 Å². The summed E-state index contributed by atoms with van der Waals surface area (Å²) in [6.07, 6.45) is 1.79. The van der Waals surface area contributed by atoms with Crippen LogP contribution in [0.1, 0.15) is 13.8 Å². The number of anilines is 1. The topological polar surface area (TPSA) is 43.4 Å². The van der Waals surface area contributed by atoms with Crippen molar-refractivity contribution in [2.24, 2.45) is 0 Å². The third-order valence-electron chi connectivity index (χ3n) is 2.89. The van der Waals surface area contributed by atoms with Crippen molar-refractivity contribution < 1.29 is 9.47 Å². The van der Waals surface area contributed by atoms with Gasteiger partial charge in [0, 0.05) is 24.5 Å². The van der Waals surface area contributed by atoms with E-state index in [0.717, 1.165) is 28.4 Å². The lowest BCUT2D eigenvalue weighted by Gasteiger charge is -2.12. The van der Waals surface area contributed by atoms with Crippen LogP contribution in [-0.2, 0) is 0 Å². The minimum atomic E-state index is 0.605. The third kappa shape index (κ3) is 3.20. The lowest BCUT2D eigenvalue weighted by Crippen LogP contribution is -1.99. The molecule has 0 amide bonds. The molecule has 106 valence electrons. The van der Waals surface area contributed by atoms with Gasteiger partial charge in [-0.3, -0.25) is 4.98 Å². The molecule has 0 bridgehead atoms. The van der Waals surface area contributed by atoms with Crippen molar-refractivity contribution in [1.29, 1.82) is 0 Å². The molecule has 0 aliphatic carbocycles. The van der Waals surface area contributed by atoms with Crippen LogP contribution >= 0.6 is 0 Å². The summed E-state index contributed by atoms with van der Waals surface area (Å²) < 4.78 is 11.2. The molecule has 0 saturated carbocycles. The zero-order valence-electron chi connectivity index (χ0n) is 12.1. The van der Waals surface area contributed by atoms with Crippen LogP contribution in [0.15, 0.2) is 36.5 Å². The zero-order chi connectivity index (χ0) is 14.4. The van der Waals surface area contributed by atoms with Crippen molar-refractivity contribution in [3.63, 3.8) is 0 Å². The molecule has 0 radical (unpaired) electrons. The maximum atomic E-state index is 5.64. The summed E-state index contributed by atoms with van der Waals surface area (Å²) in [4.78, 5) is 4.40. The van der Waals surface area contributed by atoms with Crippen LogP contribution in [0, 0.1) is 0 Å². The van der Waals surface area contributed by atoms with E-state index in [2.05, 4.69) is 10.3 Å². The van der Waals surface area contributed by atoms with E-state index in [4.69, 9.17) is 9.47 Å². The van der Waals surface area contributed by atoms with E-state index in [-0.39, 0.29) is 0 Å². The average Bonchev–Trinajstić information content (AvgIpc) is 2.49. The molecule has 1 aromatic carbocycles. The van der Waals surface area contributed by atoms with E-state index in [0.29, 0.717) is 13.2 Å². The Hall–Kier alpha value is -2.23. The lowest BCUT2D eigenvalue weighted by atomic mass is 10.1. The normalized spacial score (nSPS) is 10.2. The SMILES string of the molecule is CCOc1ccc(-c2cc(NC)ccn2)cc1OCC. The van der Waals surface area contributed by atoms with Crippen LogP contribution in [0.4, 0.5) is 5.69 Å². The minimum absolute atomic E-state index is 0.605. The summed E-state index contributed by atoms with van der Waals surface area (Å²) in [5.74, 6) is 1.52. The number of pyridine rings is 1. The summed E-state index contributed by atoms with van der Waals surface area (Å²) in [5, 5.41) is 3.11. The van der Waals surface area contributed by atoms with Gasteiger partial charge in [-0.2, -0.15) is 0 Å². The van der Waals surface area contributed by atoms with Gasteiger partial charge in [0.15, 0.2) is 11.5 Å². The zero-order valence-corrected chi connectivity index (χ0v) is 12.1. The maximum absolute atomic E-state index is 5.64. The number of hydrogen-bond acceptors (Lipinski definition) is 4. The first-order valence-electron chi connectivity index (χ1n) is 6.82. The minimum Gasteiger partial charge on any atom is -0.490 e. The standard InChI is InChI=1S/C16H20N2O2/c1-4-19-15-7-6-12(10-16(15)20-5-2)14-11-13(17-3)8-9-18-14/h6-11H,4-5H2,1-3H3,(H,17,18). The number of hydrogen-bond donors (Lipinski definition) is 1. The summed E-state index contributed by atoms with van der Waals surface area (Å²) in [6.45, 7) is 5.14. The molecule has 0 spiro atoms. The molecule has 2 rings (SSSR count). The Labute approximate surface area is 119 Å². The van der Waals surface area contributed by atoms with Crippen LogP contribution in [0.2, 0.25) is 0 Å². The number of nitrogens with zero attached hydrogens (tertiary/aromatic N) is 1. The second-order valence-electron chi connectivity index (χ2n) is 4.21. The molecule has 0 saturated heterocycles. The van der Waals surface area contributed by atoms with Crippen LogP contribution in [-0.4, -0.2) is 25.2 Å². The fourth-order valence-electron chi connectivity index (χ4n) is 1.95. The van der Waals surface area contributed by atoms with Crippen LogP contribution < -0.4 is 14.8 Å². The molecule has 4 heteroatoms. The predicted molar refractivity (Wildman–Crippen MR) is 81.6 cm³/mol. The second kappa shape index (κ2) is 6.80. The van der Waals surface area contributed by atoms with Crippen LogP contribution in [0.25, 0.3) is 11.3 Å². The van der Waals surface area contributed by atoms with Crippen molar-refractivity contribution in [2.75, 3.05) is 25.6 Å². The Morgan fingerprint density at radius 3 is 2.45 bits per heavy atom. The molecule has 20 heavy (non-hydrogen) atoms. The summed E-state index contributed by atoms with van der Waals surface area (Å²) >= 11 is 0. The number of benzene rings is 1. The van der Waals surface area contributed by atoms with Gasteiger partial charge in [-0.05, 0) is 44.2 Å². The Morgan fingerprint density at radius 2 is 1.75 bits per heavy atom. The number of aromatic nitrogens is 1. The molecule has 4 nitrogen and oxygen atoms in total. The van der Waals surface area contributed by atoms with Gasteiger partial charge in [0.25, 0.3) is 0 Å². The molecule has 1 N–H and O–H groups in total. The molecule has 0 aliphatic heterocycles. The van der Waals surface area contributed by atoms with E-state index >= 15 is 0 Å². The highest BCUT2D eigenvalue weighted by Gasteiger charge is 2.08. The molecule has 0 atom stereocenters. The van der Waals surface area contributed by atoms with E-state index in [1.54, 1.807) is 6.20 Å². The summed E-state index contributed by atoms with van der Waals surface area (Å²) in [7, 11) is 1.89. The fourth-order valence-corrected chi connectivity index (χ4v) is 1.95. The van der Waals surface area contributed by atoms with Crippen molar-refractivity contribution in [1.82, 2.24) is 4.98 Å². The van der Waals surface area contributed by atoms with E-state index in [9.17, 15) is 0 Å². The van der Waals surface area contributed by atoms with Crippen LogP contribution in [0.5, 0.6) is 11.5 Å². The fraction of sp³-hybridized carbons (Fsp3) is 0.312. The first-order valence-corrected chi connectivity index (χ1v) is 6.82. The second-order valence-corrected chi connectivity index (χ2v) is 4.21. The van der Waals surface area contributed by atoms with Gasteiger partial charge >= 0.3 is 0 Å².